The van der Waals surface area contributed by atoms with Gasteiger partial charge in [-0.05, 0) is 56.4 Å². The van der Waals surface area contributed by atoms with E-state index in [-0.39, 0.29) is 5.63 Å². The van der Waals surface area contributed by atoms with Crippen LogP contribution in [0.25, 0.3) is 11.0 Å². The molecule has 0 radical (unpaired) electrons. The highest BCUT2D eigenvalue weighted by molar-refractivity contribution is 5.90. The van der Waals surface area contributed by atoms with Gasteiger partial charge >= 0.3 is 5.63 Å². The normalized spacial score (nSPS) is 14.2. The van der Waals surface area contributed by atoms with Crippen LogP contribution in [0.4, 0.5) is 0 Å². The van der Waals surface area contributed by atoms with Crippen LogP contribution in [-0.4, -0.2) is 24.5 Å². The fourth-order valence-corrected chi connectivity index (χ4v) is 3.15. The van der Waals surface area contributed by atoms with E-state index < -0.39 is 24.5 Å². The number of rotatable bonds is 5. The number of hydrogen-bond donors (Lipinski definition) is 1. The molecule has 0 bridgehead atoms. The highest BCUT2D eigenvalue weighted by atomic mass is 16.5. The standard InChI is InChI=1S/C18H19NO6/c1-9-6-13(24-10(2)17(22)19-8-15(20)21)16-11-4-3-5-12(11)18(23)25-14(16)7-9/h6-7,10H,3-5,8H2,1-2H3,(H,19,22)(H,20,21)/p-1/t10-/m0/s1. The lowest BCUT2D eigenvalue weighted by molar-refractivity contribution is -0.304. The molecule has 7 heteroatoms. The van der Waals surface area contributed by atoms with Crippen LogP contribution in [0.15, 0.2) is 21.3 Å². The van der Waals surface area contributed by atoms with Crippen molar-refractivity contribution in [3.8, 4) is 5.75 Å². The van der Waals surface area contributed by atoms with Gasteiger partial charge in [0, 0.05) is 5.56 Å². The van der Waals surface area contributed by atoms with E-state index in [0.717, 1.165) is 24.0 Å². The van der Waals surface area contributed by atoms with Gasteiger partial charge in [-0.3, -0.25) is 4.79 Å². The summed E-state index contributed by atoms with van der Waals surface area (Å²) < 4.78 is 11.2. The van der Waals surface area contributed by atoms with Gasteiger partial charge in [0.1, 0.15) is 11.3 Å². The molecule has 0 saturated heterocycles. The van der Waals surface area contributed by atoms with E-state index in [1.807, 2.05) is 6.92 Å². The van der Waals surface area contributed by atoms with Gasteiger partial charge in [-0.25, -0.2) is 4.79 Å². The van der Waals surface area contributed by atoms with E-state index in [2.05, 4.69) is 5.32 Å². The molecule has 2 aromatic rings. The number of aryl methyl sites for hydroxylation is 2. The minimum Gasteiger partial charge on any atom is -0.548 e. The summed E-state index contributed by atoms with van der Waals surface area (Å²) in [6.45, 7) is 2.78. The molecule has 1 aliphatic carbocycles. The Morgan fingerprint density at radius 3 is 2.76 bits per heavy atom. The third-order valence-electron chi connectivity index (χ3n) is 4.26. The van der Waals surface area contributed by atoms with Crippen LogP contribution in [-0.2, 0) is 22.4 Å². The maximum absolute atomic E-state index is 12.1. The number of carbonyl (C=O) groups is 2. The number of ether oxygens (including phenoxy) is 1. The first kappa shape index (κ1) is 17.0. The maximum Gasteiger partial charge on any atom is 0.339 e. The first-order valence-electron chi connectivity index (χ1n) is 8.10. The molecule has 0 saturated carbocycles. The fourth-order valence-electron chi connectivity index (χ4n) is 3.15. The number of aliphatic carboxylic acids is 1. The van der Waals surface area contributed by atoms with Gasteiger partial charge in [-0.2, -0.15) is 0 Å². The van der Waals surface area contributed by atoms with E-state index in [0.29, 0.717) is 28.7 Å². The van der Waals surface area contributed by atoms with Gasteiger partial charge in [0.15, 0.2) is 6.10 Å². The van der Waals surface area contributed by atoms with Crippen LogP contribution < -0.4 is 20.8 Å². The van der Waals surface area contributed by atoms with Crippen LogP contribution in [0, 0.1) is 6.92 Å². The monoisotopic (exact) mass is 344 g/mol. The van der Waals surface area contributed by atoms with Crippen molar-refractivity contribution in [1.29, 1.82) is 0 Å². The summed E-state index contributed by atoms with van der Waals surface area (Å²) in [7, 11) is 0. The van der Waals surface area contributed by atoms with E-state index in [1.165, 1.54) is 6.92 Å². The van der Waals surface area contributed by atoms with Gasteiger partial charge in [-0.1, -0.05) is 0 Å². The van der Waals surface area contributed by atoms with E-state index >= 15 is 0 Å². The van der Waals surface area contributed by atoms with Crippen molar-refractivity contribution >= 4 is 22.8 Å². The Hall–Kier alpha value is -2.83. The average Bonchev–Trinajstić information content (AvgIpc) is 3.02. The molecule has 7 nitrogen and oxygen atoms in total. The van der Waals surface area contributed by atoms with Crippen molar-refractivity contribution in [3.63, 3.8) is 0 Å². The first-order valence-corrected chi connectivity index (χ1v) is 8.10. The molecule has 1 aliphatic rings. The van der Waals surface area contributed by atoms with Crippen LogP contribution >= 0.6 is 0 Å². The molecule has 132 valence electrons. The number of carboxylic acid groups (broad SMARTS) is 1. The molecule has 1 aromatic carbocycles. The zero-order valence-electron chi connectivity index (χ0n) is 14.0. The summed E-state index contributed by atoms with van der Waals surface area (Å²) in [5.74, 6) is -1.48. The Morgan fingerprint density at radius 1 is 1.32 bits per heavy atom. The fraction of sp³-hybridized carbons (Fsp3) is 0.389. The summed E-state index contributed by atoms with van der Waals surface area (Å²) in [6.07, 6.45) is 1.38. The highest BCUT2D eigenvalue weighted by Crippen LogP contribution is 2.35. The molecule has 25 heavy (non-hydrogen) atoms. The number of carboxylic acids is 1. The number of hydrogen-bond acceptors (Lipinski definition) is 6. The second kappa shape index (κ2) is 6.58. The van der Waals surface area contributed by atoms with Gasteiger partial charge in [-0.15, -0.1) is 0 Å². The second-order valence-corrected chi connectivity index (χ2v) is 6.19. The molecule has 0 aliphatic heterocycles. The number of fused-ring (bicyclic) bond motifs is 3. The van der Waals surface area contributed by atoms with Gasteiger partial charge in [0.2, 0.25) is 0 Å². The Morgan fingerprint density at radius 2 is 2.04 bits per heavy atom. The summed E-state index contributed by atoms with van der Waals surface area (Å²) >= 11 is 0. The minimum atomic E-state index is -1.37. The van der Waals surface area contributed by atoms with Crippen molar-refractivity contribution in [3.05, 3.63) is 39.2 Å². The minimum absolute atomic E-state index is 0.323. The second-order valence-electron chi connectivity index (χ2n) is 6.19. The zero-order chi connectivity index (χ0) is 18.1. The molecule has 0 fully saturated rings. The van der Waals surface area contributed by atoms with Crippen LogP contribution in [0.2, 0.25) is 0 Å². The molecule has 1 amide bonds. The molecule has 3 rings (SSSR count). The number of nitrogens with one attached hydrogen (secondary N) is 1. The summed E-state index contributed by atoms with van der Waals surface area (Å²) in [6, 6.07) is 3.55. The molecular weight excluding hydrogens is 326 g/mol. The van der Waals surface area contributed by atoms with E-state index in [9.17, 15) is 19.5 Å². The van der Waals surface area contributed by atoms with Crippen LogP contribution in [0.1, 0.15) is 30.0 Å². The SMILES string of the molecule is Cc1cc(O[C@@H](C)C(=O)NCC(=O)[O-])c2c3c(c(=O)oc2c1)CCC3. The van der Waals surface area contributed by atoms with Crippen molar-refractivity contribution in [2.75, 3.05) is 6.54 Å². The summed E-state index contributed by atoms with van der Waals surface area (Å²) in [5.41, 5.74) is 2.50. The highest BCUT2D eigenvalue weighted by Gasteiger charge is 2.24. The van der Waals surface area contributed by atoms with Gasteiger partial charge in [0.05, 0.1) is 17.9 Å². The smallest absolute Gasteiger partial charge is 0.339 e. The lowest BCUT2D eigenvalue weighted by Gasteiger charge is -2.18. The third kappa shape index (κ3) is 3.35. The van der Waals surface area contributed by atoms with Gasteiger partial charge in [0.25, 0.3) is 5.91 Å². The van der Waals surface area contributed by atoms with E-state index in [4.69, 9.17) is 9.15 Å². The predicted octanol–water partition coefficient (Wildman–Crippen LogP) is 0.224. The quantitative estimate of drug-likeness (QED) is 0.778. The van der Waals surface area contributed by atoms with Crippen molar-refractivity contribution in [2.24, 2.45) is 0 Å². The third-order valence-corrected chi connectivity index (χ3v) is 4.26. The lowest BCUT2D eigenvalue weighted by atomic mass is 10.0. The number of benzene rings is 1. The molecule has 1 aromatic heterocycles. The molecule has 0 unspecified atom stereocenters. The first-order chi connectivity index (χ1) is 11.9. The Bertz CT molecular complexity index is 914. The molecule has 0 spiro atoms. The molecule has 1 atom stereocenters. The molecular formula is C18H18NO6-. The number of amides is 1. The summed E-state index contributed by atoms with van der Waals surface area (Å²) in [4.78, 5) is 34.5. The van der Waals surface area contributed by atoms with Crippen molar-refractivity contribution < 1.29 is 23.8 Å². The maximum atomic E-state index is 12.1. The Labute approximate surface area is 143 Å². The average molecular weight is 344 g/mol. The Kier molecular flexibility index (Phi) is 4.48. The largest absolute Gasteiger partial charge is 0.548 e. The van der Waals surface area contributed by atoms with E-state index in [1.54, 1.807) is 12.1 Å². The predicted molar refractivity (Wildman–Crippen MR) is 87.4 cm³/mol. The number of carbonyl (C=O) groups excluding carboxylic acids is 2. The van der Waals surface area contributed by atoms with Crippen molar-refractivity contribution in [1.82, 2.24) is 5.32 Å². The van der Waals surface area contributed by atoms with Crippen LogP contribution in [0.5, 0.6) is 5.75 Å². The van der Waals surface area contributed by atoms with Crippen molar-refractivity contribution in [2.45, 2.75) is 39.2 Å². The molecule has 1 N–H and O–H groups in total. The zero-order valence-corrected chi connectivity index (χ0v) is 14.0. The summed E-state index contributed by atoms with van der Waals surface area (Å²) in [5, 5.41) is 13.4. The van der Waals surface area contributed by atoms with Gasteiger partial charge < -0.3 is 24.4 Å². The van der Waals surface area contributed by atoms with Crippen LogP contribution in [0.3, 0.4) is 0 Å². The Balaban J connectivity index is 1.99. The lowest BCUT2D eigenvalue weighted by Crippen LogP contribution is -2.43. The topological polar surface area (TPSA) is 109 Å². The molecule has 1 heterocycles.